The van der Waals surface area contributed by atoms with Crippen molar-refractivity contribution in [1.82, 2.24) is 20.4 Å². The number of nitrogens with zero attached hydrogens (tertiary/aromatic N) is 2. The molecular formula is C22H30N4O2. The number of aryl methyl sites for hydroxylation is 3. The molecule has 0 atom stereocenters. The molecule has 0 spiro atoms. The number of hydrogen-bond acceptors (Lipinski definition) is 3. The predicted octanol–water partition coefficient (Wildman–Crippen LogP) is 2.82. The van der Waals surface area contributed by atoms with Gasteiger partial charge in [-0.3, -0.25) is 14.7 Å². The van der Waals surface area contributed by atoms with Crippen molar-refractivity contribution >= 4 is 11.8 Å². The van der Waals surface area contributed by atoms with Gasteiger partial charge in [-0.25, -0.2) is 0 Å². The number of piperidine rings is 1. The van der Waals surface area contributed by atoms with Gasteiger partial charge in [-0.15, -0.1) is 0 Å². The van der Waals surface area contributed by atoms with E-state index in [-0.39, 0.29) is 17.7 Å². The van der Waals surface area contributed by atoms with E-state index >= 15 is 0 Å². The minimum absolute atomic E-state index is 0.00858. The Morgan fingerprint density at radius 1 is 1.14 bits per heavy atom. The van der Waals surface area contributed by atoms with E-state index in [0.29, 0.717) is 32.5 Å². The van der Waals surface area contributed by atoms with Crippen LogP contribution in [0, 0.1) is 26.7 Å². The van der Waals surface area contributed by atoms with Crippen molar-refractivity contribution in [3.8, 4) is 0 Å². The molecule has 0 saturated carbocycles. The summed E-state index contributed by atoms with van der Waals surface area (Å²) in [7, 11) is 0. The lowest BCUT2D eigenvalue weighted by Crippen LogP contribution is -2.43. The second kappa shape index (κ2) is 9.04. The first kappa shape index (κ1) is 20.1. The second-order valence-electron chi connectivity index (χ2n) is 7.78. The third-order valence-electron chi connectivity index (χ3n) is 5.74. The lowest BCUT2D eigenvalue weighted by Gasteiger charge is -2.31. The Morgan fingerprint density at radius 3 is 2.43 bits per heavy atom. The number of H-pyrrole nitrogens is 1. The summed E-state index contributed by atoms with van der Waals surface area (Å²) in [4.78, 5) is 26.8. The Kier molecular flexibility index (Phi) is 6.49. The van der Waals surface area contributed by atoms with Gasteiger partial charge < -0.3 is 10.2 Å². The molecule has 2 heterocycles. The van der Waals surface area contributed by atoms with Crippen LogP contribution in [0.2, 0.25) is 0 Å². The van der Waals surface area contributed by atoms with Gasteiger partial charge in [-0.05, 0) is 44.7 Å². The molecule has 1 aromatic carbocycles. The first-order valence-corrected chi connectivity index (χ1v) is 10.1. The molecule has 28 heavy (non-hydrogen) atoms. The van der Waals surface area contributed by atoms with E-state index in [1.165, 1.54) is 5.56 Å². The molecule has 150 valence electrons. The normalized spacial score (nSPS) is 14.9. The third-order valence-corrected chi connectivity index (χ3v) is 5.74. The van der Waals surface area contributed by atoms with Crippen LogP contribution in [0.3, 0.4) is 0 Å². The molecular weight excluding hydrogens is 352 g/mol. The van der Waals surface area contributed by atoms with E-state index in [1.807, 2.05) is 30.9 Å². The minimum Gasteiger partial charge on any atom is -0.352 e. The highest BCUT2D eigenvalue weighted by Gasteiger charge is 2.27. The first-order valence-electron chi connectivity index (χ1n) is 10.1. The lowest BCUT2D eigenvalue weighted by atomic mass is 9.95. The molecule has 0 radical (unpaired) electrons. The highest BCUT2D eigenvalue weighted by Crippen LogP contribution is 2.19. The van der Waals surface area contributed by atoms with Crippen molar-refractivity contribution < 1.29 is 9.59 Å². The van der Waals surface area contributed by atoms with Gasteiger partial charge in [0.25, 0.3) is 0 Å². The van der Waals surface area contributed by atoms with Gasteiger partial charge in [0, 0.05) is 44.1 Å². The number of amides is 2. The quantitative estimate of drug-likeness (QED) is 0.806. The molecule has 1 saturated heterocycles. The molecule has 0 aliphatic carbocycles. The van der Waals surface area contributed by atoms with E-state index in [1.54, 1.807) is 0 Å². The fraction of sp³-hybridized carbons (Fsp3) is 0.500. The van der Waals surface area contributed by atoms with Crippen LogP contribution in [0.25, 0.3) is 0 Å². The molecule has 2 amide bonds. The topological polar surface area (TPSA) is 78.1 Å². The van der Waals surface area contributed by atoms with Crippen LogP contribution < -0.4 is 5.32 Å². The molecule has 0 unspecified atom stereocenters. The molecule has 0 bridgehead atoms. The Hall–Kier alpha value is -2.63. The van der Waals surface area contributed by atoms with Crippen molar-refractivity contribution in [2.24, 2.45) is 5.92 Å². The van der Waals surface area contributed by atoms with Gasteiger partial charge in [0.2, 0.25) is 11.8 Å². The average Bonchev–Trinajstić information content (AvgIpc) is 3.03. The maximum absolute atomic E-state index is 12.5. The van der Waals surface area contributed by atoms with Gasteiger partial charge >= 0.3 is 0 Å². The van der Waals surface area contributed by atoms with Crippen molar-refractivity contribution in [2.45, 2.75) is 53.0 Å². The Morgan fingerprint density at radius 2 is 1.82 bits per heavy atom. The van der Waals surface area contributed by atoms with Crippen LogP contribution >= 0.6 is 0 Å². The SMILES string of the molecule is Cc1ccc(CNC(=O)C2CCN(C(=O)CCc3n[nH]c(C)c3C)CC2)cc1. The maximum Gasteiger partial charge on any atom is 0.223 e. The summed E-state index contributed by atoms with van der Waals surface area (Å²) in [6.45, 7) is 7.93. The smallest absolute Gasteiger partial charge is 0.223 e. The van der Waals surface area contributed by atoms with Crippen LogP contribution in [0.5, 0.6) is 0 Å². The molecule has 3 rings (SSSR count). The van der Waals surface area contributed by atoms with Gasteiger partial charge in [0.15, 0.2) is 0 Å². The van der Waals surface area contributed by atoms with Crippen molar-refractivity contribution in [3.63, 3.8) is 0 Å². The molecule has 1 aromatic heterocycles. The molecule has 1 fully saturated rings. The number of carbonyl (C=O) groups excluding carboxylic acids is 2. The Bertz CT molecular complexity index is 818. The van der Waals surface area contributed by atoms with Crippen LogP contribution in [0.4, 0.5) is 0 Å². The summed E-state index contributed by atoms with van der Waals surface area (Å²) in [6, 6.07) is 8.19. The van der Waals surface area contributed by atoms with E-state index < -0.39 is 0 Å². The van der Waals surface area contributed by atoms with Crippen LogP contribution in [-0.4, -0.2) is 40.0 Å². The zero-order valence-corrected chi connectivity index (χ0v) is 17.0. The number of nitrogens with one attached hydrogen (secondary N) is 2. The molecule has 6 nitrogen and oxygen atoms in total. The van der Waals surface area contributed by atoms with Crippen molar-refractivity contribution in [3.05, 3.63) is 52.3 Å². The van der Waals surface area contributed by atoms with E-state index in [4.69, 9.17) is 0 Å². The Balaban J connectivity index is 1.40. The van der Waals surface area contributed by atoms with E-state index in [2.05, 4.69) is 34.6 Å². The van der Waals surface area contributed by atoms with Crippen LogP contribution in [0.1, 0.15) is 47.3 Å². The molecule has 2 aromatic rings. The standard InChI is InChI=1S/C22H30N4O2/c1-15-4-6-18(7-5-15)14-23-22(28)19-10-12-26(13-11-19)21(27)9-8-20-16(2)17(3)24-25-20/h4-7,19H,8-14H2,1-3H3,(H,23,28)(H,24,25). The maximum atomic E-state index is 12.5. The number of rotatable bonds is 6. The van der Waals surface area contributed by atoms with E-state index in [9.17, 15) is 9.59 Å². The van der Waals surface area contributed by atoms with Gasteiger partial charge in [-0.2, -0.15) is 5.10 Å². The van der Waals surface area contributed by atoms with Gasteiger partial charge in [-0.1, -0.05) is 29.8 Å². The third kappa shape index (κ3) is 5.00. The summed E-state index contributed by atoms with van der Waals surface area (Å²) in [5.74, 6) is 0.236. The summed E-state index contributed by atoms with van der Waals surface area (Å²) < 4.78 is 0. The highest BCUT2D eigenvalue weighted by atomic mass is 16.2. The van der Waals surface area contributed by atoms with Crippen molar-refractivity contribution in [2.75, 3.05) is 13.1 Å². The monoisotopic (exact) mass is 382 g/mol. The van der Waals surface area contributed by atoms with Gasteiger partial charge in [0.05, 0.1) is 5.69 Å². The minimum atomic E-state index is -0.00858. The average molecular weight is 383 g/mol. The first-order chi connectivity index (χ1) is 13.4. The molecule has 6 heteroatoms. The Labute approximate surface area is 166 Å². The number of benzene rings is 1. The fourth-order valence-electron chi connectivity index (χ4n) is 3.59. The van der Waals surface area contributed by atoms with Crippen LogP contribution in [0.15, 0.2) is 24.3 Å². The molecule has 1 aliphatic heterocycles. The van der Waals surface area contributed by atoms with E-state index in [0.717, 1.165) is 35.4 Å². The summed E-state index contributed by atoms with van der Waals surface area (Å²) in [5, 5.41) is 10.3. The molecule has 1 aliphatic rings. The zero-order chi connectivity index (χ0) is 20.1. The second-order valence-corrected chi connectivity index (χ2v) is 7.78. The zero-order valence-electron chi connectivity index (χ0n) is 17.0. The largest absolute Gasteiger partial charge is 0.352 e. The molecule has 2 N–H and O–H groups in total. The number of aromatic nitrogens is 2. The number of carbonyl (C=O) groups is 2. The van der Waals surface area contributed by atoms with Crippen LogP contribution in [-0.2, 0) is 22.6 Å². The summed E-state index contributed by atoms with van der Waals surface area (Å²) in [5.41, 5.74) is 5.48. The number of hydrogen-bond donors (Lipinski definition) is 2. The predicted molar refractivity (Wildman–Crippen MR) is 109 cm³/mol. The summed E-state index contributed by atoms with van der Waals surface area (Å²) >= 11 is 0. The fourth-order valence-corrected chi connectivity index (χ4v) is 3.59. The lowest BCUT2D eigenvalue weighted by molar-refractivity contribution is -0.135. The number of aromatic amines is 1. The number of likely N-dealkylation sites (tertiary alicyclic amines) is 1. The highest BCUT2D eigenvalue weighted by molar-refractivity contribution is 5.80. The van der Waals surface area contributed by atoms with Crippen molar-refractivity contribution in [1.29, 1.82) is 0 Å². The summed E-state index contributed by atoms with van der Waals surface area (Å²) in [6.07, 6.45) is 2.58. The van der Waals surface area contributed by atoms with Gasteiger partial charge in [0.1, 0.15) is 0 Å².